The van der Waals surface area contributed by atoms with E-state index in [1.165, 1.54) is 77.0 Å². The average Bonchev–Trinajstić information content (AvgIpc) is 2.66. The van der Waals surface area contributed by atoms with Crippen LogP contribution in [0.3, 0.4) is 0 Å². The minimum absolute atomic E-state index is 0.0160. The summed E-state index contributed by atoms with van der Waals surface area (Å²) < 4.78 is 0. The summed E-state index contributed by atoms with van der Waals surface area (Å²) in [5.41, 5.74) is 0.0160. The number of aliphatic carboxylic acids is 2. The van der Waals surface area contributed by atoms with Gasteiger partial charge in [0.05, 0.1) is 6.42 Å². The molecule has 0 rings (SSSR count). The second kappa shape index (κ2) is 18.0. The van der Waals surface area contributed by atoms with Crippen LogP contribution >= 0.6 is 0 Å². The zero-order valence-corrected chi connectivity index (χ0v) is 18.6. The van der Waals surface area contributed by atoms with Crippen LogP contribution in [0.5, 0.6) is 0 Å². The fraction of sp³-hybridized carbons (Fsp3) is 0.917. The van der Waals surface area contributed by atoms with Crippen LogP contribution in [0.25, 0.3) is 0 Å². The molecule has 0 heterocycles. The molecule has 0 aromatic carbocycles. The second-order valence-corrected chi connectivity index (χ2v) is 8.62. The Labute approximate surface area is 173 Å². The molecule has 0 saturated heterocycles. The van der Waals surface area contributed by atoms with Crippen molar-refractivity contribution in [1.29, 1.82) is 0 Å². The number of carboxylic acid groups (broad SMARTS) is 2. The average molecular weight is 399 g/mol. The van der Waals surface area contributed by atoms with Gasteiger partial charge in [-0.15, -0.1) is 0 Å². The van der Waals surface area contributed by atoms with Gasteiger partial charge >= 0.3 is 11.9 Å². The third-order valence-electron chi connectivity index (χ3n) is 6.37. The number of unbranched alkanes of at least 4 members (excludes halogenated alkanes) is 13. The summed E-state index contributed by atoms with van der Waals surface area (Å²) in [4.78, 5) is 21.5. The van der Waals surface area contributed by atoms with Gasteiger partial charge in [0.1, 0.15) is 0 Å². The fourth-order valence-electron chi connectivity index (χ4n) is 4.16. The third kappa shape index (κ3) is 15.9. The molecule has 166 valence electrons. The fourth-order valence-corrected chi connectivity index (χ4v) is 4.16. The van der Waals surface area contributed by atoms with E-state index in [0.717, 1.165) is 32.1 Å². The Balaban J connectivity index is 3.39. The van der Waals surface area contributed by atoms with Gasteiger partial charge in [0.25, 0.3) is 0 Å². The molecule has 4 nitrogen and oxygen atoms in total. The van der Waals surface area contributed by atoms with E-state index in [-0.39, 0.29) is 5.41 Å². The smallest absolute Gasteiger partial charge is 0.303 e. The van der Waals surface area contributed by atoms with Crippen molar-refractivity contribution in [2.45, 2.75) is 136 Å². The van der Waals surface area contributed by atoms with Gasteiger partial charge in [0, 0.05) is 6.42 Å². The lowest BCUT2D eigenvalue weighted by atomic mass is 9.75. The Morgan fingerprint density at radius 3 is 1.25 bits per heavy atom. The van der Waals surface area contributed by atoms with Crippen LogP contribution in [-0.4, -0.2) is 22.2 Å². The Bertz CT molecular complexity index is 388. The molecule has 0 aromatic heterocycles. The summed E-state index contributed by atoms with van der Waals surface area (Å²) in [7, 11) is 0. The predicted octanol–water partition coefficient (Wildman–Crippen LogP) is 7.59. The number of carboxylic acids is 2. The molecule has 4 heteroatoms. The SMILES string of the molecule is CCC(CC)(CCCCCCCCCCCCCCCCC(=O)O)CC(=O)O. The highest BCUT2D eigenvalue weighted by Gasteiger charge is 2.28. The van der Waals surface area contributed by atoms with Crippen molar-refractivity contribution in [3.05, 3.63) is 0 Å². The highest BCUT2D eigenvalue weighted by molar-refractivity contribution is 5.67. The molecule has 2 N–H and O–H groups in total. The molecule has 0 aliphatic heterocycles. The summed E-state index contributed by atoms with van der Waals surface area (Å²) in [6.07, 6.45) is 20.9. The van der Waals surface area contributed by atoms with Gasteiger partial charge in [-0.05, 0) is 31.1 Å². The van der Waals surface area contributed by atoms with Gasteiger partial charge < -0.3 is 10.2 Å². The molecule has 0 amide bonds. The van der Waals surface area contributed by atoms with Crippen LogP contribution in [0.1, 0.15) is 136 Å². The van der Waals surface area contributed by atoms with E-state index in [1.807, 2.05) is 0 Å². The lowest BCUT2D eigenvalue weighted by molar-refractivity contribution is -0.140. The first-order valence-corrected chi connectivity index (χ1v) is 11.9. The summed E-state index contributed by atoms with van der Waals surface area (Å²) >= 11 is 0. The second-order valence-electron chi connectivity index (χ2n) is 8.62. The molecule has 0 fully saturated rings. The molecule has 0 unspecified atom stereocenters. The lowest BCUT2D eigenvalue weighted by Crippen LogP contribution is -2.23. The molecular formula is C24H46O4. The van der Waals surface area contributed by atoms with Crippen molar-refractivity contribution in [3.8, 4) is 0 Å². The Morgan fingerprint density at radius 2 is 0.929 bits per heavy atom. The van der Waals surface area contributed by atoms with E-state index in [1.54, 1.807) is 0 Å². The van der Waals surface area contributed by atoms with Crippen LogP contribution < -0.4 is 0 Å². The summed E-state index contributed by atoms with van der Waals surface area (Å²) in [5.74, 6) is -1.32. The first-order chi connectivity index (χ1) is 13.5. The Hall–Kier alpha value is -1.06. The van der Waals surface area contributed by atoms with E-state index < -0.39 is 11.9 Å². The van der Waals surface area contributed by atoms with Crippen molar-refractivity contribution in [3.63, 3.8) is 0 Å². The standard InChI is InChI=1S/C24H46O4/c1-3-24(4-2,21-23(27)28)20-18-16-14-12-10-8-6-5-7-9-11-13-15-17-19-22(25)26/h3-21H2,1-2H3,(H,25,26)(H,27,28). The van der Waals surface area contributed by atoms with Gasteiger partial charge in [-0.3, -0.25) is 9.59 Å². The van der Waals surface area contributed by atoms with Crippen molar-refractivity contribution >= 4 is 11.9 Å². The number of rotatable bonds is 21. The van der Waals surface area contributed by atoms with Crippen LogP contribution in [-0.2, 0) is 9.59 Å². The Morgan fingerprint density at radius 1 is 0.571 bits per heavy atom. The van der Waals surface area contributed by atoms with Crippen LogP contribution in [0.15, 0.2) is 0 Å². The number of hydrogen-bond donors (Lipinski definition) is 2. The van der Waals surface area contributed by atoms with Gasteiger partial charge in [-0.2, -0.15) is 0 Å². The van der Waals surface area contributed by atoms with Crippen molar-refractivity contribution in [2.75, 3.05) is 0 Å². The maximum atomic E-state index is 11.1. The molecule has 0 aliphatic rings. The maximum absolute atomic E-state index is 11.1. The molecule has 0 aromatic rings. The highest BCUT2D eigenvalue weighted by Crippen LogP contribution is 2.36. The van der Waals surface area contributed by atoms with Crippen molar-refractivity contribution in [1.82, 2.24) is 0 Å². The minimum Gasteiger partial charge on any atom is -0.481 e. The predicted molar refractivity (Wildman–Crippen MR) is 117 cm³/mol. The van der Waals surface area contributed by atoms with Gasteiger partial charge in [-0.25, -0.2) is 0 Å². The van der Waals surface area contributed by atoms with E-state index in [4.69, 9.17) is 10.2 Å². The molecule has 28 heavy (non-hydrogen) atoms. The molecule has 0 bridgehead atoms. The highest BCUT2D eigenvalue weighted by atomic mass is 16.4. The number of carbonyl (C=O) groups is 2. The van der Waals surface area contributed by atoms with Crippen molar-refractivity contribution < 1.29 is 19.8 Å². The van der Waals surface area contributed by atoms with E-state index in [0.29, 0.717) is 12.8 Å². The first-order valence-electron chi connectivity index (χ1n) is 11.9. The Kier molecular flexibility index (Phi) is 17.3. The third-order valence-corrected chi connectivity index (χ3v) is 6.37. The summed E-state index contributed by atoms with van der Waals surface area (Å²) in [5, 5.41) is 17.7. The van der Waals surface area contributed by atoms with Gasteiger partial charge in [-0.1, -0.05) is 97.3 Å². The molecule has 0 atom stereocenters. The maximum Gasteiger partial charge on any atom is 0.303 e. The zero-order valence-electron chi connectivity index (χ0n) is 18.6. The zero-order chi connectivity index (χ0) is 21.1. The minimum atomic E-state index is -0.673. The quantitative estimate of drug-likeness (QED) is 0.195. The van der Waals surface area contributed by atoms with E-state index >= 15 is 0 Å². The molecule has 0 radical (unpaired) electrons. The molecule has 0 aliphatic carbocycles. The van der Waals surface area contributed by atoms with Crippen LogP contribution in [0.4, 0.5) is 0 Å². The number of hydrogen-bond acceptors (Lipinski definition) is 2. The summed E-state index contributed by atoms with van der Waals surface area (Å²) in [6, 6.07) is 0. The van der Waals surface area contributed by atoms with Gasteiger partial charge in [0.2, 0.25) is 0 Å². The largest absolute Gasteiger partial charge is 0.481 e. The molecule has 0 saturated carbocycles. The lowest BCUT2D eigenvalue weighted by Gasteiger charge is -2.30. The summed E-state index contributed by atoms with van der Waals surface area (Å²) in [6.45, 7) is 4.26. The van der Waals surface area contributed by atoms with Crippen molar-refractivity contribution in [2.24, 2.45) is 5.41 Å². The van der Waals surface area contributed by atoms with Gasteiger partial charge in [0.15, 0.2) is 0 Å². The van der Waals surface area contributed by atoms with Crippen LogP contribution in [0, 0.1) is 5.41 Å². The monoisotopic (exact) mass is 398 g/mol. The van der Waals surface area contributed by atoms with E-state index in [2.05, 4.69) is 13.8 Å². The topological polar surface area (TPSA) is 74.6 Å². The first kappa shape index (κ1) is 26.9. The molecule has 0 spiro atoms. The molecular weight excluding hydrogens is 352 g/mol. The normalized spacial score (nSPS) is 11.6. The van der Waals surface area contributed by atoms with Crippen LogP contribution in [0.2, 0.25) is 0 Å². The van der Waals surface area contributed by atoms with E-state index in [9.17, 15) is 9.59 Å².